The molecule has 2 nitrogen and oxygen atoms in total. The minimum Gasteiger partial charge on any atom is -0.466 e. The molecule has 0 fully saturated rings. The molecule has 0 heterocycles. The second-order valence-corrected chi connectivity index (χ2v) is 9.54. The highest BCUT2D eigenvalue weighted by atomic mass is 28.3. The van der Waals surface area contributed by atoms with Crippen molar-refractivity contribution in [3.63, 3.8) is 0 Å². The number of carbonyl (C=O) groups excluding carboxylic acids is 1. The highest BCUT2D eigenvalue weighted by Crippen LogP contribution is 2.17. The minimum atomic E-state index is -1.53. The second-order valence-electron chi connectivity index (χ2n) is 4.50. The largest absolute Gasteiger partial charge is 0.466 e. The van der Waals surface area contributed by atoms with Gasteiger partial charge in [0.15, 0.2) is 0 Å². The summed E-state index contributed by atoms with van der Waals surface area (Å²) in [6.45, 7) is 8.66. The van der Waals surface area contributed by atoms with Crippen molar-refractivity contribution in [2.75, 3.05) is 7.11 Å². The quantitative estimate of drug-likeness (QED) is 0.304. The standard InChI is InChI=1S/C11H22O2Si/c1-6-7-8-9-10(11(12)13-2)14(3,4)5/h9H,6-8H2,1-5H3/b10-9-. The van der Waals surface area contributed by atoms with Crippen molar-refractivity contribution >= 4 is 14.0 Å². The molecular weight excluding hydrogens is 192 g/mol. The molecule has 0 spiro atoms. The van der Waals surface area contributed by atoms with Crippen LogP contribution in [-0.4, -0.2) is 21.2 Å². The Hall–Kier alpha value is -0.573. The van der Waals surface area contributed by atoms with Gasteiger partial charge in [-0.15, -0.1) is 0 Å². The molecule has 82 valence electrons. The summed E-state index contributed by atoms with van der Waals surface area (Å²) in [5.74, 6) is -0.139. The van der Waals surface area contributed by atoms with E-state index < -0.39 is 8.07 Å². The van der Waals surface area contributed by atoms with Crippen LogP contribution in [0.5, 0.6) is 0 Å². The molecule has 14 heavy (non-hydrogen) atoms. The number of carbonyl (C=O) groups is 1. The number of hydrogen-bond acceptors (Lipinski definition) is 2. The Kier molecular flexibility index (Phi) is 5.77. The maximum absolute atomic E-state index is 11.5. The van der Waals surface area contributed by atoms with Crippen LogP contribution in [0.25, 0.3) is 0 Å². The number of esters is 1. The number of ether oxygens (including phenoxy) is 1. The normalized spacial score (nSPS) is 12.8. The first-order valence-electron chi connectivity index (χ1n) is 5.22. The van der Waals surface area contributed by atoms with Gasteiger partial charge in [-0.1, -0.05) is 45.5 Å². The fourth-order valence-corrected chi connectivity index (χ4v) is 2.73. The molecule has 3 heteroatoms. The third-order valence-electron chi connectivity index (χ3n) is 2.12. The lowest BCUT2D eigenvalue weighted by Gasteiger charge is -2.18. The second kappa shape index (κ2) is 6.01. The fraction of sp³-hybridized carbons (Fsp3) is 0.727. The van der Waals surface area contributed by atoms with Crippen molar-refractivity contribution in [3.05, 3.63) is 11.3 Å². The van der Waals surface area contributed by atoms with Crippen molar-refractivity contribution in [2.45, 2.75) is 45.8 Å². The van der Waals surface area contributed by atoms with E-state index in [1.165, 1.54) is 7.11 Å². The molecule has 0 saturated heterocycles. The molecule has 0 unspecified atom stereocenters. The average Bonchev–Trinajstić information content (AvgIpc) is 2.09. The number of rotatable bonds is 5. The van der Waals surface area contributed by atoms with E-state index >= 15 is 0 Å². The molecule has 0 aliphatic heterocycles. The van der Waals surface area contributed by atoms with Crippen LogP contribution < -0.4 is 0 Å². The van der Waals surface area contributed by atoms with Crippen LogP contribution >= 0.6 is 0 Å². The summed E-state index contributed by atoms with van der Waals surface area (Å²) in [6, 6.07) is 0. The SMILES string of the molecule is CCCC/C=C(/C(=O)OC)[Si](C)(C)C. The summed E-state index contributed by atoms with van der Waals surface area (Å²) in [4.78, 5) is 11.5. The summed E-state index contributed by atoms with van der Waals surface area (Å²) < 4.78 is 4.80. The van der Waals surface area contributed by atoms with Gasteiger partial charge in [-0.3, -0.25) is 0 Å². The smallest absolute Gasteiger partial charge is 0.329 e. The lowest BCUT2D eigenvalue weighted by Crippen LogP contribution is -2.30. The van der Waals surface area contributed by atoms with E-state index in [-0.39, 0.29) is 5.97 Å². The molecule has 0 radical (unpaired) electrons. The Morgan fingerprint density at radius 2 is 1.93 bits per heavy atom. The third kappa shape index (κ3) is 4.60. The molecule has 0 aromatic heterocycles. The van der Waals surface area contributed by atoms with Crippen LogP contribution in [0.2, 0.25) is 19.6 Å². The Morgan fingerprint density at radius 3 is 2.29 bits per heavy atom. The van der Waals surface area contributed by atoms with Gasteiger partial charge in [0.2, 0.25) is 0 Å². The molecule has 0 aromatic carbocycles. The van der Waals surface area contributed by atoms with Crippen LogP contribution in [-0.2, 0) is 9.53 Å². The highest BCUT2D eigenvalue weighted by molar-refractivity contribution is 6.87. The summed E-state index contributed by atoms with van der Waals surface area (Å²) in [5, 5.41) is 0.924. The van der Waals surface area contributed by atoms with Crippen LogP contribution in [0.3, 0.4) is 0 Å². The molecule has 0 aliphatic rings. The molecule has 0 rings (SSSR count). The van der Waals surface area contributed by atoms with E-state index in [1.807, 2.05) is 0 Å². The van der Waals surface area contributed by atoms with E-state index in [2.05, 4.69) is 32.6 Å². The van der Waals surface area contributed by atoms with Crippen LogP contribution in [0.4, 0.5) is 0 Å². The topological polar surface area (TPSA) is 26.3 Å². The van der Waals surface area contributed by atoms with Gasteiger partial charge in [-0.05, 0) is 6.42 Å². The van der Waals surface area contributed by atoms with E-state index in [0.29, 0.717) is 0 Å². The summed E-state index contributed by atoms with van der Waals surface area (Å²) >= 11 is 0. The van der Waals surface area contributed by atoms with Gasteiger partial charge in [-0.25, -0.2) is 4.79 Å². The van der Waals surface area contributed by atoms with E-state index in [4.69, 9.17) is 4.74 Å². The van der Waals surface area contributed by atoms with Crippen LogP contribution in [0.1, 0.15) is 26.2 Å². The number of hydrogen-bond donors (Lipinski definition) is 0. The first-order chi connectivity index (χ1) is 6.43. The van der Waals surface area contributed by atoms with Gasteiger partial charge in [0, 0.05) is 5.20 Å². The predicted molar refractivity (Wildman–Crippen MR) is 63.0 cm³/mol. The molecule has 0 amide bonds. The minimum absolute atomic E-state index is 0.139. The molecule has 0 N–H and O–H groups in total. The van der Waals surface area contributed by atoms with Crippen molar-refractivity contribution < 1.29 is 9.53 Å². The third-order valence-corrected chi connectivity index (χ3v) is 4.14. The van der Waals surface area contributed by atoms with E-state index in [9.17, 15) is 4.79 Å². The molecule has 0 aromatic rings. The fourth-order valence-electron chi connectivity index (χ4n) is 1.26. The lowest BCUT2D eigenvalue weighted by molar-refractivity contribution is -0.135. The van der Waals surface area contributed by atoms with Gasteiger partial charge in [0.05, 0.1) is 15.2 Å². The maximum Gasteiger partial charge on any atom is 0.329 e. The molecule has 0 saturated carbocycles. The van der Waals surface area contributed by atoms with E-state index in [0.717, 1.165) is 24.5 Å². The zero-order valence-electron chi connectivity index (χ0n) is 10.0. The number of methoxy groups -OCH3 is 1. The molecular formula is C11H22O2Si. The first-order valence-corrected chi connectivity index (χ1v) is 8.72. The van der Waals surface area contributed by atoms with Crippen LogP contribution in [0, 0.1) is 0 Å². The maximum atomic E-state index is 11.5. The van der Waals surface area contributed by atoms with Gasteiger partial charge >= 0.3 is 5.97 Å². The predicted octanol–water partition coefficient (Wildman–Crippen LogP) is 3.15. The summed E-state index contributed by atoms with van der Waals surface area (Å²) in [5.41, 5.74) is 0. The van der Waals surface area contributed by atoms with Crippen molar-refractivity contribution in [1.82, 2.24) is 0 Å². The van der Waals surface area contributed by atoms with Crippen LogP contribution in [0.15, 0.2) is 11.3 Å². The Balaban J connectivity index is 4.56. The monoisotopic (exact) mass is 214 g/mol. The highest BCUT2D eigenvalue weighted by Gasteiger charge is 2.25. The average molecular weight is 214 g/mol. The van der Waals surface area contributed by atoms with Gasteiger partial charge in [0.1, 0.15) is 0 Å². The zero-order valence-corrected chi connectivity index (χ0v) is 11.0. The Morgan fingerprint density at radius 1 is 1.36 bits per heavy atom. The van der Waals surface area contributed by atoms with Crippen molar-refractivity contribution in [2.24, 2.45) is 0 Å². The summed E-state index contributed by atoms with van der Waals surface area (Å²) in [6.07, 6.45) is 5.37. The molecule has 0 bridgehead atoms. The first kappa shape index (κ1) is 13.4. The molecule has 0 atom stereocenters. The Labute approximate surface area is 88.4 Å². The van der Waals surface area contributed by atoms with Crippen molar-refractivity contribution in [3.8, 4) is 0 Å². The number of unbranched alkanes of at least 4 members (excludes halogenated alkanes) is 2. The Bertz CT molecular complexity index is 214. The lowest BCUT2D eigenvalue weighted by atomic mass is 10.2. The van der Waals surface area contributed by atoms with Gasteiger partial charge < -0.3 is 4.74 Å². The van der Waals surface area contributed by atoms with Crippen molar-refractivity contribution in [1.29, 1.82) is 0 Å². The van der Waals surface area contributed by atoms with Gasteiger partial charge in [-0.2, -0.15) is 0 Å². The zero-order chi connectivity index (χ0) is 11.2. The van der Waals surface area contributed by atoms with Gasteiger partial charge in [0.25, 0.3) is 0 Å². The van der Waals surface area contributed by atoms with E-state index in [1.54, 1.807) is 0 Å². The summed E-state index contributed by atoms with van der Waals surface area (Å²) in [7, 11) is -0.0796. The number of allylic oxidation sites excluding steroid dienone is 1. The molecule has 0 aliphatic carbocycles.